The minimum absolute atomic E-state index is 0.0676. The lowest BCUT2D eigenvalue weighted by Crippen LogP contribution is -2.38. The topological polar surface area (TPSA) is 42.7 Å². The van der Waals surface area contributed by atoms with E-state index in [1.807, 2.05) is 30.3 Å². The van der Waals surface area contributed by atoms with Crippen LogP contribution >= 0.6 is 0 Å². The summed E-state index contributed by atoms with van der Waals surface area (Å²) in [5.74, 6) is 2.21. The SMILES string of the molecule is [C-]#[N+]C[C@H](Cc1ccccc1)NC(=O)OCC#C. The molecular weight excluding hydrogens is 228 g/mol. The van der Waals surface area contributed by atoms with E-state index >= 15 is 0 Å². The molecule has 0 bridgehead atoms. The number of hydrogen-bond donors (Lipinski definition) is 1. The zero-order valence-corrected chi connectivity index (χ0v) is 9.93. The van der Waals surface area contributed by atoms with Crippen LogP contribution < -0.4 is 5.32 Å². The zero-order chi connectivity index (χ0) is 13.2. The number of nitrogens with one attached hydrogen (secondary N) is 1. The number of rotatable bonds is 5. The average Bonchev–Trinajstić information content (AvgIpc) is 2.38. The van der Waals surface area contributed by atoms with E-state index < -0.39 is 6.09 Å². The van der Waals surface area contributed by atoms with Crippen LogP contribution in [0.5, 0.6) is 0 Å². The number of nitrogens with zero attached hydrogens (tertiary/aromatic N) is 1. The molecule has 0 fully saturated rings. The Labute approximate surface area is 107 Å². The maximum Gasteiger partial charge on any atom is 0.408 e. The van der Waals surface area contributed by atoms with Gasteiger partial charge in [0.15, 0.2) is 6.61 Å². The summed E-state index contributed by atoms with van der Waals surface area (Å²) in [6.07, 6.45) is 4.99. The number of benzene rings is 1. The van der Waals surface area contributed by atoms with E-state index in [1.54, 1.807) is 0 Å². The van der Waals surface area contributed by atoms with Crippen molar-refractivity contribution in [1.29, 1.82) is 0 Å². The summed E-state index contributed by atoms with van der Waals surface area (Å²) in [4.78, 5) is 14.7. The standard InChI is InChI=1S/C14H14N2O2/c1-3-9-18-14(17)16-13(11-15-2)10-12-7-5-4-6-8-12/h1,4-8,13H,9-11H2,(H,16,17)/t13-/m0/s1. The molecule has 1 rings (SSSR count). The Hall–Kier alpha value is -2.46. The van der Waals surface area contributed by atoms with Crippen molar-refractivity contribution in [1.82, 2.24) is 5.32 Å². The Bertz CT molecular complexity index is 457. The molecule has 18 heavy (non-hydrogen) atoms. The van der Waals surface area contributed by atoms with E-state index in [-0.39, 0.29) is 19.2 Å². The normalized spacial score (nSPS) is 10.8. The third-order valence-electron chi connectivity index (χ3n) is 2.25. The van der Waals surface area contributed by atoms with Crippen molar-refractivity contribution in [2.24, 2.45) is 0 Å². The molecule has 4 heteroatoms. The number of amides is 1. The van der Waals surface area contributed by atoms with Crippen molar-refractivity contribution in [3.63, 3.8) is 0 Å². The molecule has 1 aromatic carbocycles. The third-order valence-corrected chi connectivity index (χ3v) is 2.25. The van der Waals surface area contributed by atoms with Crippen LogP contribution in [0.25, 0.3) is 4.85 Å². The molecule has 0 saturated heterocycles. The first-order chi connectivity index (χ1) is 8.76. The predicted molar refractivity (Wildman–Crippen MR) is 68.7 cm³/mol. The Morgan fingerprint density at radius 1 is 1.50 bits per heavy atom. The van der Waals surface area contributed by atoms with Gasteiger partial charge in [0.1, 0.15) is 6.04 Å². The molecule has 0 unspecified atom stereocenters. The number of alkyl carbamates (subject to hydrolysis) is 1. The second-order valence-corrected chi connectivity index (χ2v) is 3.65. The van der Waals surface area contributed by atoms with E-state index in [0.717, 1.165) is 5.56 Å². The van der Waals surface area contributed by atoms with Crippen LogP contribution in [0.2, 0.25) is 0 Å². The highest BCUT2D eigenvalue weighted by Gasteiger charge is 2.16. The van der Waals surface area contributed by atoms with Crippen LogP contribution in [-0.4, -0.2) is 25.3 Å². The number of ether oxygens (including phenoxy) is 1. The van der Waals surface area contributed by atoms with Crippen molar-refractivity contribution < 1.29 is 9.53 Å². The van der Waals surface area contributed by atoms with Crippen molar-refractivity contribution in [2.45, 2.75) is 12.5 Å². The fourth-order valence-electron chi connectivity index (χ4n) is 1.49. The maximum atomic E-state index is 11.3. The fourth-order valence-corrected chi connectivity index (χ4v) is 1.49. The van der Waals surface area contributed by atoms with Crippen molar-refractivity contribution in [3.8, 4) is 12.3 Å². The van der Waals surface area contributed by atoms with Crippen LogP contribution in [0.1, 0.15) is 5.56 Å². The van der Waals surface area contributed by atoms with Gasteiger partial charge in [0.25, 0.3) is 0 Å². The van der Waals surface area contributed by atoms with Gasteiger partial charge in [-0.25, -0.2) is 11.4 Å². The Morgan fingerprint density at radius 2 is 2.22 bits per heavy atom. The quantitative estimate of drug-likeness (QED) is 0.632. The van der Waals surface area contributed by atoms with Crippen LogP contribution in [0, 0.1) is 18.9 Å². The molecule has 0 saturated carbocycles. The zero-order valence-electron chi connectivity index (χ0n) is 9.93. The summed E-state index contributed by atoms with van der Waals surface area (Å²) in [5.41, 5.74) is 1.06. The van der Waals surface area contributed by atoms with E-state index in [9.17, 15) is 4.79 Å². The van der Waals surface area contributed by atoms with Crippen molar-refractivity contribution in [3.05, 3.63) is 47.3 Å². The molecular formula is C14H14N2O2. The molecule has 1 atom stereocenters. The summed E-state index contributed by atoms with van der Waals surface area (Å²) in [5, 5.41) is 2.63. The third kappa shape index (κ3) is 5.05. The fraction of sp³-hybridized carbons (Fsp3) is 0.286. The van der Waals surface area contributed by atoms with Gasteiger partial charge in [0.05, 0.1) is 0 Å². The highest BCUT2D eigenvalue weighted by Crippen LogP contribution is 2.04. The number of carbonyl (C=O) groups excluding carboxylic acids is 1. The van der Waals surface area contributed by atoms with Gasteiger partial charge >= 0.3 is 6.09 Å². The van der Waals surface area contributed by atoms with Gasteiger partial charge in [-0.1, -0.05) is 36.3 Å². The molecule has 92 valence electrons. The van der Waals surface area contributed by atoms with Gasteiger partial charge < -0.3 is 14.9 Å². The summed E-state index contributed by atoms with van der Waals surface area (Å²) < 4.78 is 4.72. The van der Waals surface area contributed by atoms with Crippen LogP contribution in [-0.2, 0) is 11.2 Å². The van der Waals surface area contributed by atoms with Gasteiger partial charge in [-0.2, -0.15) is 0 Å². The smallest absolute Gasteiger partial charge is 0.408 e. The molecule has 1 amide bonds. The number of carbonyl (C=O) groups is 1. The molecule has 0 heterocycles. The minimum atomic E-state index is -0.586. The first-order valence-electron chi connectivity index (χ1n) is 5.50. The summed E-state index contributed by atoms with van der Waals surface area (Å²) in [6, 6.07) is 9.38. The highest BCUT2D eigenvalue weighted by atomic mass is 16.5. The van der Waals surface area contributed by atoms with Gasteiger partial charge in [0, 0.05) is 6.42 Å². The predicted octanol–water partition coefficient (Wildman–Crippen LogP) is 1.88. The molecule has 0 aliphatic carbocycles. The summed E-state index contributed by atoms with van der Waals surface area (Å²) in [6.45, 7) is 7.02. The largest absolute Gasteiger partial charge is 0.436 e. The van der Waals surface area contributed by atoms with E-state index in [1.165, 1.54) is 0 Å². The van der Waals surface area contributed by atoms with E-state index in [2.05, 4.69) is 16.1 Å². The summed E-state index contributed by atoms with van der Waals surface area (Å²) >= 11 is 0. The molecule has 0 aliphatic heterocycles. The van der Waals surface area contributed by atoms with E-state index in [0.29, 0.717) is 6.42 Å². The minimum Gasteiger partial charge on any atom is -0.436 e. The monoisotopic (exact) mass is 242 g/mol. The molecule has 0 aromatic heterocycles. The maximum absolute atomic E-state index is 11.3. The molecule has 0 radical (unpaired) electrons. The van der Waals surface area contributed by atoms with Gasteiger partial charge in [-0.3, -0.25) is 0 Å². The van der Waals surface area contributed by atoms with Crippen LogP contribution in [0.15, 0.2) is 30.3 Å². The second-order valence-electron chi connectivity index (χ2n) is 3.65. The molecule has 1 aromatic rings. The van der Waals surface area contributed by atoms with E-state index in [4.69, 9.17) is 17.7 Å². The lowest BCUT2D eigenvalue weighted by atomic mass is 10.1. The Kier molecular flexibility index (Phi) is 5.86. The first-order valence-corrected chi connectivity index (χ1v) is 5.50. The highest BCUT2D eigenvalue weighted by molar-refractivity contribution is 5.67. The molecule has 0 aliphatic rings. The Morgan fingerprint density at radius 3 is 2.83 bits per heavy atom. The van der Waals surface area contributed by atoms with Crippen LogP contribution in [0.3, 0.4) is 0 Å². The summed E-state index contributed by atoms with van der Waals surface area (Å²) in [7, 11) is 0. The molecule has 4 nitrogen and oxygen atoms in total. The number of terminal acetylenes is 1. The lowest BCUT2D eigenvalue weighted by Gasteiger charge is -2.13. The molecule has 0 spiro atoms. The second kappa shape index (κ2) is 7.76. The Balaban J connectivity index is 2.53. The first kappa shape index (κ1) is 13.6. The number of hydrogen-bond acceptors (Lipinski definition) is 2. The van der Waals surface area contributed by atoms with Crippen molar-refractivity contribution >= 4 is 6.09 Å². The lowest BCUT2D eigenvalue weighted by molar-refractivity contribution is 0.156. The van der Waals surface area contributed by atoms with Gasteiger partial charge in [-0.05, 0) is 5.56 Å². The van der Waals surface area contributed by atoms with Crippen LogP contribution in [0.4, 0.5) is 4.79 Å². The average molecular weight is 242 g/mol. The van der Waals surface area contributed by atoms with Gasteiger partial charge in [-0.15, -0.1) is 6.42 Å². The molecule has 1 N–H and O–H groups in total. The van der Waals surface area contributed by atoms with Gasteiger partial charge in [0.2, 0.25) is 6.54 Å². The van der Waals surface area contributed by atoms with Crippen molar-refractivity contribution in [2.75, 3.05) is 13.2 Å².